The maximum atomic E-state index is 13.6. The van der Waals surface area contributed by atoms with E-state index in [1.165, 1.54) is 18.2 Å². The molecule has 182 valence electrons. The molecule has 5 rings (SSSR count). The number of ether oxygens (including phenoxy) is 1. The minimum Gasteiger partial charge on any atom is -0.497 e. The summed E-state index contributed by atoms with van der Waals surface area (Å²) in [6.07, 6.45) is 1.73. The Morgan fingerprint density at radius 1 is 0.865 bits per heavy atom. The second-order valence-electron chi connectivity index (χ2n) is 8.18. The standard InChI is InChI=1S/C29H21N3O5/c1-37-21-13-10-18(11-14-21)25-24-9-5-6-16-32(24)27(31-25)26(33)20-12-15-23(22(17-20)29(35)36)30-28(34)19-7-3-2-4-8-19/h2-17H,1H3,(H,30,34)(H,35,36). The molecule has 0 saturated carbocycles. The van der Waals surface area contributed by atoms with Gasteiger partial charge in [0, 0.05) is 22.9 Å². The molecule has 0 aliphatic heterocycles. The molecular weight excluding hydrogens is 470 g/mol. The molecule has 0 bridgehead atoms. The van der Waals surface area contributed by atoms with Crippen LogP contribution < -0.4 is 10.1 Å². The highest BCUT2D eigenvalue weighted by molar-refractivity contribution is 6.12. The molecule has 8 nitrogen and oxygen atoms in total. The van der Waals surface area contributed by atoms with Gasteiger partial charge in [-0.1, -0.05) is 24.3 Å². The van der Waals surface area contributed by atoms with E-state index in [2.05, 4.69) is 10.3 Å². The van der Waals surface area contributed by atoms with E-state index in [9.17, 15) is 19.5 Å². The Kier molecular flexibility index (Phi) is 6.22. The van der Waals surface area contributed by atoms with Gasteiger partial charge in [-0.2, -0.15) is 0 Å². The highest BCUT2D eigenvalue weighted by Crippen LogP contribution is 2.28. The number of nitrogens with zero attached hydrogens (tertiary/aromatic N) is 2. The summed E-state index contributed by atoms with van der Waals surface area (Å²) in [7, 11) is 1.58. The van der Waals surface area contributed by atoms with Crippen LogP contribution in [0.3, 0.4) is 0 Å². The fraction of sp³-hybridized carbons (Fsp3) is 0.0345. The topological polar surface area (TPSA) is 110 Å². The molecule has 8 heteroatoms. The van der Waals surface area contributed by atoms with Gasteiger partial charge < -0.3 is 15.2 Å². The maximum absolute atomic E-state index is 13.6. The van der Waals surface area contributed by atoms with Crippen LogP contribution in [0.2, 0.25) is 0 Å². The number of amides is 1. The second-order valence-corrected chi connectivity index (χ2v) is 8.18. The average Bonchev–Trinajstić information content (AvgIpc) is 3.33. The van der Waals surface area contributed by atoms with E-state index in [-0.39, 0.29) is 22.6 Å². The number of pyridine rings is 1. The third-order valence-corrected chi connectivity index (χ3v) is 5.91. The molecule has 5 aromatic rings. The number of imidazole rings is 1. The van der Waals surface area contributed by atoms with Crippen LogP contribution in [0.1, 0.15) is 36.9 Å². The number of rotatable bonds is 7. The fourth-order valence-corrected chi connectivity index (χ4v) is 4.04. The van der Waals surface area contributed by atoms with Gasteiger partial charge in [0.25, 0.3) is 5.91 Å². The molecule has 0 unspecified atom stereocenters. The van der Waals surface area contributed by atoms with Crippen molar-refractivity contribution >= 4 is 28.9 Å². The van der Waals surface area contributed by atoms with Gasteiger partial charge in [-0.3, -0.25) is 14.0 Å². The third kappa shape index (κ3) is 4.55. The second kappa shape index (κ2) is 9.79. The van der Waals surface area contributed by atoms with E-state index >= 15 is 0 Å². The summed E-state index contributed by atoms with van der Waals surface area (Å²) in [6, 6.07) is 25.4. The van der Waals surface area contributed by atoms with Gasteiger partial charge in [-0.05, 0) is 66.7 Å². The number of aromatic nitrogens is 2. The van der Waals surface area contributed by atoms with E-state index in [1.54, 1.807) is 54.1 Å². The minimum absolute atomic E-state index is 0.0878. The number of ketones is 1. The lowest BCUT2D eigenvalue weighted by atomic mass is 10.0. The summed E-state index contributed by atoms with van der Waals surface area (Å²) in [4.78, 5) is 42.8. The summed E-state index contributed by atoms with van der Waals surface area (Å²) in [5.41, 5.74) is 2.53. The Morgan fingerprint density at radius 3 is 2.30 bits per heavy atom. The van der Waals surface area contributed by atoms with Crippen molar-refractivity contribution in [3.63, 3.8) is 0 Å². The monoisotopic (exact) mass is 491 g/mol. The molecule has 2 heterocycles. The molecule has 1 amide bonds. The first-order valence-corrected chi connectivity index (χ1v) is 11.4. The summed E-state index contributed by atoms with van der Waals surface area (Å²) in [5, 5.41) is 12.4. The van der Waals surface area contributed by atoms with Gasteiger partial charge >= 0.3 is 5.97 Å². The first-order chi connectivity index (χ1) is 18.0. The maximum Gasteiger partial charge on any atom is 0.337 e. The predicted molar refractivity (Wildman–Crippen MR) is 138 cm³/mol. The van der Waals surface area contributed by atoms with Crippen LogP contribution in [-0.2, 0) is 0 Å². The number of carbonyl (C=O) groups excluding carboxylic acids is 2. The van der Waals surface area contributed by atoms with Crippen molar-refractivity contribution in [3.8, 4) is 17.0 Å². The molecule has 0 aliphatic rings. The zero-order valence-electron chi connectivity index (χ0n) is 19.7. The molecule has 2 N–H and O–H groups in total. The molecule has 2 aromatic heterocycles. The van der Waals surface area contributed by atoms with E-state index in [1.807, 2.05) is 36.4 Å². The normalized spacial score (nSPS) is 10.7. The molecule has 3 aromatic carbocycles. The number of nitrogens with one attached hydrogen (secondary N) is 1. The van der Waals surface area contributed by atoms with Crippen LogP contribution >= 0.6 is 0 Å². The first kappa shape index (κ1) is 23.5. The first-order valence-electron chi connectivity index (χ1n) is 11.4. The smallest absolute Gasteiger partial charge is 0.337 e. The Balaban J connectivity index is 1.52. The number of methoxy groups -OCH3 is 1. The third-order valence-electron chi connectivity index (χ3n) is 5.91. The minimum atomic E-state index is -1.27. The van der Waals surface area contributed by atoms with E-state index in [0.717, 1.165) is 11.1 Å². The Morgan fingerprint density at radius 2 is 1.59 bits per heavy atom. The van der Waals surface area contributed by atoms with Gasteiger partial charge in [0.1, 0.15) is 5.75 Å². The average molecular weight is 492 g/mol. The molecule has 0 aliphatic carbocycles. The van der Waals surface area contributed by atoms with Crippen LogP contribution in [0.5, 0.6) is 5.75 Å². The van der Waals surface area contributed by atoms with Crippen LogP contribution in [0.15, 0.2) is 97.2 Å². The molecule has 0 atom stereocenters. The molecule has 0 spiro atoms. The fourth-order valence-electron chi connectivity index (χ4n) is 4.04. The van der Waals surface area contributed by atoms with Crippen molar-refractivity contribution in [2.24, 2.45) is 0 Å². The number of carbonyl (C=O) groups is 3. The summed E-state index contributed by atoms with van der Waals surface area (Å²) in [5.74, 6) is -1.34. The lowest BCUT2D eigenvalue weighted by Gasteiger charge is -2.10. The van der Waals surface area contributed by atoms with E-state index in [0.29, 0.717) is 17.0 Å². The van der Waals surface area contributed by atoms with Crippen molar-refractivity contribution in [1.29, 1.82) is 0 Å². The molecular formula is C29H21N3O5. The van der Waals surface area contributed by atoms with Crippen molar-refractivity contribution in [1.82, 2.24) is 9.38 Å². The highest BCUT2D eigenvalue weighted by atomic mass is 16.5. The van der Waals surface area contributed by atoms with Crippen LogP contribution in [-0.4, -0.2) is 39.3 Å². The molecule has 0 radical (unpaired) electrons. The van der Waals surface area contributed by atoms with Crippen molar-refractivity contribution in [2.45, 2.75) is 0 Å². The van der Waals surface area contributed by atoms with Crippen molar-refractivity contribution in [3.05, 3.63) is 120 Å². The van der Waals surface area contributed by atoms with Crippen LogP contribution in [0, 0.1) is 0 Å². The Bertz CT molecular complexity index is 1640. The van der Waals surface area contributed by atoms with Crippen LogP contribution in [0.4, 0.5) is 5.69 Å². The number of hydrogen-bond acceptors (Lipinski definition) is 5. The lowest BCUT2D eigenvalue weighted by Crippen LogP contribution is -2.16. The summed E-state index contributed by atoms with van der Waals surface area (Å²) < 4.78 is 6.90. The van der Waals surface area contributed by atoms with Crippen LogP contribution in [0.25, 0.3) is 16.8 Å². The number of hydrogen-bond donors (Lipinski definition) is 2. The van der Waals surface area contributed by atoms with Gasteiger partial charge in [0.05, 0.1) is 29.6 Å². The molecule has 0 saturated heterocycles. The van der Waals surface area contributed by atoms with Gasteiger partial charge in [-0.15, -0.1) is 0 Å². The largest absolute Gasteiger partial charge is 0.497 e. The SMILES string of the molecule is COc1ccc(-c2nc(C(=O)c3ccc(NC(=O)c4ccccc4)c(C(=O)O)c3)n3ccccc23)cc1. The van der Waals surface area contributed by atoms with Gasteiger partial charge in [-0.25, -0.2) is 9.78 Å². The zero-order valence-corrected chi connectivity index (χ0v) is 19.7. The predicted octanol–water partition coefficient (Wildman–Crippen LogP) is 5.19. The highest BCUT2D eigenvalue weighted by Gasteiger charge is 2.22. The number of aromatic carboxylic acids is 1. The Hall–Kier alpha value is -5.24. The molecule has 0 fully saturated rings. The number of benzene rings is 3. The summed E-state index contributed by atoms with van der Waals surface area (Å²) >= 11 is 0. The van der Waals surface area contributed by atoms with Crippen molar-refractivity contribution < 1.29 is 24.2 Å². The zero-order chi connectivity index (χ0) is 25.9. The van der Waals surface area contributed by atoms with Gasteiger partial charge in [0.15, 0.2) is 5.82 Å². The van der Waals surface area contributed by atoms with Crippen molar-refractivity contribution in [2.75, 3.05) is 12.4 Å². The Labute approximate surface area is 211 Å². The number of fused-ring (bicyclic) bond motifs is 1. The number of carboxylic acids is 1. The lowest BCUT2D eigenvalue weighted by molar-refractivity contribution is 0.0698. The number of carboxylic acid groups (broad SMARTS) is 1. The summed E-state index contributed by atoms with van der Waals surface area (Å²) in [6.45, 7) is 0. The van der Waals surface area contributed by atoms with E-state index < -0.39 is 17.7 Å². The number of anilines is 1. The van der Waals surface area contributed by atoms with Gasteiger partial charge in [0.2, 0.25) is 5.78 Å². The quantitative estimate of drug-likeness (QED) is 0.303. The molecule has 37 heavy (non-hydrogen) atoms. The van der Waals surface area contributed by atoms with E-state index in [4.69, 9.17) is 4.74 Å².